The summed E-state index contributed by atoms with van der Waals surface area (Å²) in [4.78, 5) is 15.1. The molecular formula is C6H12I2NO2-. The van der Waals surface area contributed by atoms with E-state index in [1.807, 2.05) is 6.92 Å². The Balaban J connectivity index is 2.68. The van der Waals surface area contributed by atoms with Crippen molar-refractivity contribution in [3.63, 3.8) is 0 Å². The van der Waals surface area contributed by atoms with Crippen molar-refractivity contribution in [1.82, 2.24) is 3.53 Å². The van der Waals surface area contributed by atoms with Gasteiger partial charge >= 0.3 is 85.0 Å². The van der Waals surface area contributed by atoms with Crippen molar-refractivity contribution in [3.8, 4) is 0 Å². The number of nitrogens with one attached hydrogen (secondary N) is 1. The molecule has 2 atom stereocenters. The van der Waals surface area contributed by atoms with Crippen LogP contribution < -0.4 is 24.7 Å². The fourth-order valence-corrected chi connectivity index (χ4v) is 11.5. The first-order chi connectivity index (χ1) is 5.02. The summed E-state index contributed by atoms with van der Waals surface area (Å²) in [6, 6.07) is 0. The van der Waals surface area contributed by atoms with Crippen LogP contribution in [0.1, 0.15) is 6.92 Å². The second-order valence-corrected chi connectivity index (χ2v) is 10.7. The van der Waals surface area contributed by atoms with Gasteiger partial charge in [-0.3, -0.25) is 0 Å². The van der Waals surface area contributed by atoms with Gasteiger partial charge in [0, 0.05) is 0 Å². The summed E-state index contributed by atoms with van der Waals surface area (Å²) in [5, 5.41) is 8.97. The van der Waals surface area contributed by atoms with Gasteiger partial charge in [-0.05, 0) is 0 Å². The van der Waals surface area contributed by atoms with E-state index < -0.39 is 29.5 Å². The van der Waals surface area contributed by atoms with E-state index in [9.17, 15) is 4.79 Å². The minimum atomic E-state index is -0.960. The van der Waals surface area contributed by atoms with Gasteiger partial charge in [-0.15, -0.1) is 0 Å². The summed E-state index contributed by atoms with van der Waals surface area (Å²) in [6.07, 6.45) is 0. The first kappa shape index (κ1) is 9.97. The van der Waals surface area contributed by atoms with E-state index in [2.05, 4.69) is 13.4 Å². The molecule has 11 heavy (non-hydrogen) atoms. The Morgan fingerprint density at radius 2 is 2.27 bits per heavy atom. The third-order valence-electron chi connectivity index (χ3n) is 1.83. The van der Waals surface area contributed by atoms with E-state index in [-0.39, 0.29) is 21.2 Å². The predicted molar refractivity (Wildman–Crippen MR) is 48.8 cm³/mol. The molecule has 1 fully saturated rings. The van der Waals surface area contributed by atoms with Gasteiger partial charge in [0.1, 0.15) is 0 Å². The summed E-state index contributed by atoms with van der Waals surface area (Å²) in [6.45, 7) is 1.89. The Morgan fingerprint density at radius 3 is 2.36 bits per heavy atom. The van der Waals surface area contributed by atoms with Crippen LogP contribution in [0.5, 0.6) is 0 Å². The predicted octanol–water partition coefficient (Wildman–Crippen LogP) is -2.47. The normalized spacial score (nSPS) is 31.5. The average Bonchev–Trinajstić information content (AvgIpc) is 2.65. The molecule has 1 rings (SSSR count). The number of carbonyl (C=O) groups is 1. The van der Waals surface area contributed by atoms with Crippen LogP contribution in [-0.2, 0) is 4.79 Å². The topological polar surface area (TPSA) is 59.2 Å². The van der Waals surface area contributed by atoms with Crippen LogP contribution in [0, 0.1) is 0 Å². The quantitative estimate of drug-likeness (QED) is 0.187. The van der Waals surface area contributed by atoms with Crippen molar-refractivity contribution < 1.29 is 31.1 Å². The van der Waals surface area contributed by atoms with Gasteiger partial charge in [-0.1, -0.05) is 0 Å². The van der Waals surface area contributed by atoms with Gasteiger partial charge in [0.2, 0.25) is 0 Å². The van der Waals surface area contributed by atoms with E-state index in [0.717, 1.165) is 0 Å². The maximum absolute atomic E-state index is 10.9. The minimum absolute atomic E-state index is 0.210. The molecule has 0 spiro atoms. The summed E-state index contributed by atoms with van der Waals surface area (Å²) in [5.74, 6) is -0.605. The maximum atomic E-state index is 10.9. The van der Waals surface area contributed by atoms with Gasteiger partial charge in [0.05, 0.1) is 0 Å². The molecule has 1 aliphatic heterocycles. The molecule has 0 saturated carbocycles. The molecule has 0 aliphatic carbocycles. The Bertz CT molecular complexity index is 187. The Hall–Kier alpha value is 0.890. The molecule has 0 radical (unpaired) electrons. The number of hydrogen-bond donors (Lipinski definition) is 2. The van der Waals surface area contributed by atoms with E-state index in [4.69, 9.17) is 5.11 Å². The Labute approximate surface area is 84.3 Å². The van der Waals surface area contributed by atoms with Crippen LogP contribution in [0.2, 0.25) is 0 Å². The molecule has 0 aromatic carbocycles. The van der Waals surface area contributed by atoms with Crippen LogP contribution in [0.25, 0.3) is 0 Å². The summed E-state index contributed by atoms with van der Waals surface area (Å²) in [5.41, 5.74) is 0. The van der Waals surface area contributed by atoms with Crippen molar-refractivity contribution in [3.05, 3.63) is 0 Å². The van der Waals surface area contributed by atoms with Crippen molar-refractivity contribution >= 4 is 26.1 Å². The molecule has 2 N–H and O–H groups in total. The third-order valence-corrected chi connectivity index (χ3v) is 10.7. The molecule has 0 aromatic rings. The Morgan fingerprint density at radius 1 is 1.82 bits per heavy atom. The standard InChI is InChI=1S/C6H12I2NO2/c1-6(7-2,5(10)11)4-8(3)9-4/h4,9H,1-3H3,(H,10,11)/q-1. The number of halogens is 2. The summed E-state index contributed by atoms with van der Waals surface area (Å²) >= 11 is -1.17. The van der Waals surface area contributed by atoms with Crippen molar-refractivity contribution in [2.24, 2.45) is 0 Å². The summed E-state index contributed by atoms with van der Waals surface area (Å²) in [7, 11) is 0. The molecule has 1 saturated heterocycles. The second-order valence-electron chi connectivity index (χ2n) is 2.56. The number of rotatable bonds is 3. The van der Waals surface area contributed by atoms with Crippen LogP contribution in [0.15, 0.2) is 0 Å². The number of carboxylic acid groups (broad SMARTS) is 1. The zero-order valence-corrected chi connectivity index (χ0v) is 11.0. The molecular weight excluding hydrogens is 372 g/mol. The fraction of sp³-hybridized carbons (Fsp3) is 0.833. The summed E-state index contributed by atoms with van der Waals surface area (Å²) < 4.78 is 3.29. The van der Waals surface area contributed by atoms with E-state index in [1.54, 1.807) is 0 Å². The van der Waals surface area contributed by atoms with Crippen molar-refractivity contribution in [2.75, 3.05) is 9.86 Å². The van der Waals surface area contributed by atoms with E-state index in [0.29, 0.717) is 4.05 Å². The van der Waals surface area contributed by atoms with Gasteiger partial charge in [-0.2, -0.15) is 0 Å². The first-order valence-electron chi connectivity index (χ1n) is 3.11. The van der Waals surface area contributed by atoms with Gasteiger partial charge < -0.3 is 0 Å². The first-order valence-corrected chi connectivity index (χ1v) is 10.8. The van der Waals surface area contributed by atoms with Crippen molar-refractivity contribution in [2.45, 2.75) is 14.4 Å². The molecule has 5 heteroatoms. The number of aliphatic carboxylic acids is 1. The molecule has 0 aromatic heterocycles. The molecule has 3 nitrogen and oxygen atoms in total. The van der Waals surface area contributed by atoms with Gasteiger partial charge in [0.25, 0.3) is 0 Å². The van der Waals surface area contributed by atoms with Crippen LogP contribution in [0.3, 0.4) is 0 Å². The van der Waals surface area contributed by atoms with Crippen LogP contribution in [0.4, 0.5) is 0 Å². The van der Waals surface area contributed by atoms with E-state index >= 15 is 0 Å². The molecule has 1 heterocycles. The third kappa shape index (κ3) is 1.80. The molecule has 68 valence electrons. The van der Waals surface area contributed by atoms with E-state index in [1.165, 1.54) is 0 Å². The monoisotopic (exact) mass is 384 g/mol. The Kier molecular flexibility index (Phi) is 3.02. The van der Waals surface area contributed by atoms with Crippen LogP contribution >= 0.6 is 20.1 Å². The SMILES string of the molecule is C[I-]C(C)(C(=O)O)C1NI1C. The molecule has 0 amide bonds. The zero-order valence-electron chi connectivity index (χ0n) is 6.69. The van der Waals surface area contributed by atoms with Gasteiger partial charge in [0.15, 0.2) is 0 Å². The molecule has 0 bridgehead atoms. The van der Waals surface area contributed by atoms with Crippen LogP contribution in [-0.4, -0.2) is 28.4 Å². The average molecular weight is 384 g/mol. The second kappa shape index (κ2) is 3.33. The van der Waals surface area contributed by atoms with Crippen molar-refractivity contribution in [1.29, 1.82) is 0 Å². The zero-order chi connectivity index (χ0) is 8.65. The number of carboxylic acids is 1. The number of hydrogen-bond acceptors (Lipinski definition) is 2. The molecule has 1 aliphatic rings. The number of alkyl halides is 4. The fourth-order valence-electron chi connectivity index (χ4n) is 0.822. The molecule has 2 unspecified atom stereocenters. The van der Waals surface area contributed by atoms with Gasteiger partial charge in [-0.25, -0.2) is 0 Å².